The minimum absolute atomic E-state index is 0.0241. The van der Waals surface area contributed by atoms with Gasteiger partial charge in [-0.3, -0.25) is 4.57 Å². The molecule has 0 saturated carbocycles. The second-order valence-electron chi connectivity index (χ2n) is 5.63. The van der Waals surface area contributed by atoms with Crippen LogP contribution in [0.15, 0.2) is 35.7 Å². The van der Waals surface area contributed by atoms with Gasteiger partial charge < -0.3 is 4.74 Å². The number of sulfone groups is 1. The van der Waals surface area contributed by atoms with Crippen molar-refractivity contribution in [2.45, 2.75) is 56.1 Å². The van der Waals surface area contributed by atoms with E-state index in [1.165, 1.54) is 30.9 Å². The van der Waals surface area contributed by atoms with Crippen LogP contribution in [0.3, 0.4) is 0 Å². The predicted molar refractivity (Wildman–Crippen MR) is 97.4 cm³/mol. The maximum Gasteiger partial charge on any atom is 0.206 e. The Labute approximate surface area is 158 Å². The highest BCUT2D eigenvalue weighted by Gasteiger charge is 2.32. The molecule has 2 rings (SSSR count). The van der Waals surface area contributed by atoms with E-state index >= 15 is 0 Å². The van der Waals surface area contributed by atoms with Gasteiger partial charge >= 0.3 is 0 Å². The summed E-state index contributed by atoms with van der Waals surface area (Å²) in [7, 11) is -3.78. The Bertz CT molecular complexity index is 782. The van der Waals surface area contributed by atoms with Gasteiger partial charge in [-0.25, -0.2) is 8.42 Å². The van der Waals surface area contributed by atoms with Gasteiger partial charge in [-0.15, -0.1) is 10.2 Å². The third-order valence-electron chi connectivity index (χ3n) is 3.68. The van der Waals surface area contributed by atoms with E-state index in [0.717, 1.165) is 6.42 Å². The fraction of sp³-hybridized carbons (Fsp3) is 0.500. The molecule has 1 heterocycles. The third kappa shape index (κ3) is 4.94. The van der Waals surface area contributed by atoms with E-state index in [1.807, 2.05) is 13.8 Å². The summed E-state index contributed by atoms with van der Waals surface area (Å²) >= 11 is 12.0. The largest absolute Gasteiger partial charge is 0.338 e. The van der Waals surface area contributed by atoms with Crippen LogP contribution in [-0.4, -0.2) is 28.6 Å². The topological polar surface area (TPSA) is 74.1 Å². The van der Waals surface area contributed by atoms with Crippen molar-refractivity contribution in [1.82, 2.24) is 14.8 Å². The number of nitrogens with zero attached hydrogens (tertiary/aromatic N) is 3. The van der Waals surface area contributed by atoms with E-state index in [2.05, 4.69) is 10.2 Å². The smallest absolute Gasteiger partial charge is 0.206 e. The summed E-state index contributed by atoms with van der Waals surface area (Å²) in [6.45, 7) is 3.91. The van der Waals surface area contributed by atoms with Crippen molar-refractivity contribution in [2.75, 3.05) is 0 Å². The lowest BCUT2D eigenvalue weighted by molar-refractivity contribution is -0.0268. The van der Waals surface area contributed by atoms with Crippen LogP contribution in [0.2, 0.25) is 10.0 Å². The molecule has 0 spiro atoms. The van der Waals surface area contributed by atoms with Crippen LogP contribution in [0.5, 0.6) is 0 Å². The number of aromatic nitrogens is 3. The molecule has 9 heteroatoms. The zero-order chi connectivity index (χ0) is 18.4. The van der Waals surface area contributed by atoms with Crippen molar-refractivity contribution in [1.29, 1.82) is 0 Å². The minimum atomic E-state index is -3.78. The van der Waals surface area contributed by atoms with Crippen molar-refractivity contribution < 1.29 is 13.2 Å². The van der Waals surface area contributed by atoms with E-state index in [-0.39, 0.29) is 9.92 Å². The Morgan fingerprint density at radius 1 is 1.12 bits per heavy atom. The second kappa shape index (κ2) is 8.98. The van der Waals surface area contributed by atoms with Gasteiger partial charge in [-0.1, -0.05) is 49.9 Å². The molecule has 0 bridgehead atoms. The zero-order valence-corrected chi connectivity index (χ0v) is 16.4. The summed E-state index contributed by atoms with van der Waals surface area (Å²) in [6, 6.07) is 4.34. The van der Waals surface area contributed by atoms with Crippen LogP contribution in [0.25, 0.3) is 0 Å². The van der Waals surface area contributed by atoms with Gasteiger partial charge in [0.2, 0.25) is 9.84 Å². The summed E-state index contributed by atoms with van der Waals surface area (Å²) in [5, 5.41) is 8.01. The van der Waals surface area contributed by atoms with Crippen LogP contribution in [0.1, 0.15) is 45.8 Å². The van der Waals surface area contributed by atoms with Crippen LogP contribution in [0.4, 0.5) is 0 Å². The summed E-state index contributed by atoms with van der Waals surface area (Å²) < 4.78 is 33.8. The highest BCUT2D eigenvalue weighted by atomic mass is 35.5. The standard InChI is InChI=1S/C16H21Cl2N3O3S/c1-3-5-15(21-10-19-20-11-21)24-16(6-4-2)25(22,23)14-8-7-12(17)9-13(14)18/h7-11,15-16H,3-6H2,1-2H3. The summed E-state index contributed by atoms with van der Waals surface area (Å²) in [5.74, 6) is 0. The molecule has 0 amide bonds. The highest BCUT2D eigenvalue weighted by molar-refractivity contribution is 7.92. The number of hydrogen-bond donors (Lipinski definition) is 0. The molecular formula is C16H21Cl2N3O3S. The molecular weight excluding hydrogens is 385 g/mol. The summed E-state index contributed by atoms with van der Waals surface area (Å²) in [4.78, 5) is 0.0241. The fourth-order valence-electron chi connectivity index (χ4n) is 2.45. The number of rotatable bonds is 9. The van der Waals surface area contributed by atoms with Crippen molar-refractivity contribution in [3.63, 3.8) is 0 Å². The first-order valence-corrected chi connectivity index (χ1v) is 10.4. The molecule has 2 unspecified atom stereocenters. The lowest BCUT2D eigenvalue weighted by Crippen LogP contribution is -2.29. The van der Waals surface area contributed by atoms with E-state index in [0.29, 0.717) is 24.3 Å². The molecule has 138 valence electrons. The van der Waals surface area contributed by atoms with E-state index in [1.54, 1.807) is 4.57 Å². The maximum atomic E-state index is 13.1. The molecule has 2 atom stereocenters. The van der Waals surface area contributed by atoms with E-state index in [4.69, 9.17) is 27.9 Å². The zero-order valence-electron chi connectivity index (χ0n) is 14.1. The molecule has 0 saturated heterocycles. The Morgan fingerprint density at radius 3 is 2.32 bits per heavy atom. The molecule has 0 aliphatic heterocycles. The molecule has 0 radical (unpaired) electrons. The summed E-state index contributed by atoms with van der Waals surface area (Å²) in [6.07, 6.45) is 5.04. The van der Waals surface area contributed by atoms with E-state index < -0.39 is 21.5 Å². The van der Waals surface area contributed by atoms with Crippen molar-refractivity contribution in [2.24, 2.45) is 0 Å². The Balaban J connectivity index is 2.35. The van der Waals surface area contributed by atoms with Gasteiger partial charge in [0.15, 0.2) is 5.44 Å². The molecule has 0 N–H and O–H groups in total. The molecule has 1 aromatic heterocycles. The highest BCUT2D eigenvalue weighted by Crippen LogP contribution is 2.32. The average Bonchev–Trinajstić information content (AvgIpc) is 3.07. The first kappa shape index (κ1) is 20.2. The van der Waals surface area contributed by atoms with Gasteiger partial charge in [-0.05, 0) is 31.0 Å². The number of halogens is 2. The SMILES string of the molecule is CCCC(OC(CCC)S(=O)(=O)c1ccc(Cl)cc1Cl)n1cnnc1. The van der Waals surface area contributed by atoms with Gasteiger partial charge in [-0.2, -0.15) is 0 Å². The lowest BCUT2D eigenvalue weighted by Gasteiger charge is -2.25. The van der Waals surface area contributed by atoms with Gasteiger partial charge in [0.25, 0.3) is 0 Å². The molecule has 2 aromatic rings. The van der Waals surface area contributed by atoms with Crippen LogP contribution >= 0.6 is 23.2 Å². The molecule has 0 fully saturated rings. The van der Waals surface area contributed by atoms with E-state index in [9.17, 15) is 8.42 Å². The Morgan fingerprint density at radius 2 is 1.76 bits per heavy atom. The maximum absolute atomic E-state index is 13.1. The average molecular weight is 406 g/mol. The Kier molecular flexibility index (Phi) is 7.25. The first-order valence-electron chi connectivity index (χ1n) is 8.08. The lowest BCUT2D eigenvalue weighted by atomic mass is 10.3. The molecule has 25 heavy (non-hydrogen) atoms. The normalized spacial score (nSPS) is 14.4. The molecule has 0 aliphatic carbocycles. The number of hydrogen-bond acceptors (Lipinski definition) is 5. The van der Waals surface area contributed by atoms with Gasteiger partial charge in [0.1, 0.15) is 18.9 Å². The van der Waals surface area contributed by atoms with Crippen molar-refractivity contribution in [3.8, 4) is 0 Å². The van der Waals surface area contributed by atoms with Crippen LogP contribution in [-0.2, 0) is 14.6 Å². The predicted octanol–water partition coefficient (Wildman–Crippen LogP) is 4.50. The Hall–Kier alpha value is -1.15. The second-order valence-corrected chi connectivity index (χ2v) is 8.53. The molecule has 1 aromatic carbocycles. The molecule has 6 nitrogen and oxygen atoms in total. The van der Waals surface area contributed by atoms with Crippen molar-refractivity contribution in [3.05, 3.63) is 40.9 Å². The van der Waals surface area contributed by atoms with Crippen LogP contribution < -0.4 is 0 Å². The monoisotopic (exact) mass is 405 g/mol. The number of ether oxygens (including phenoxy) is 1. The molecule has 0 aliphatic rings. The quantitative estimate of drug-likeness (QED) is 0.613. The minimum Gasteiger partial charge on any atom is -0.338 e. The fourth-order valence-corrected chi connectivity index (χ4v) is 4.87. The summed E-state index contributed by atoms with van der Waals surface area (Å²) in [5.41, 5.74) is -1.02. The third-order valence-corrected chi connectivity index (χ3v) is 6.35. The first-order chi connectivity index (χ1) is 11.9. The van der Waals surface area contributed by atoms with Crippen LogP contribution in [0, 0.1) is 0 Å². The van der Waals surface area contributed by atoms with Gasteiger partial charge in [0, 0.05) is 5.02 Å². The van der Waals surface area contributed by atoms with Crippen molar-refractivity contribution >= 4 is 33.0 Å². The van der Waals surface area contributed by atoms with Gasteiger partial charge in [0.05, 0.1) is 9.92 Å². The number of benzene rings is 1.